The minimum Gasteiger partial charge on any atom is -0.496 e. The Labute approximate surface area is 235 Å². The monoisotopic (exact) mass is 563 g/mol. The third-order valence-corrected chi connectivity index (χ3v) is 6.71. The predicted octanol–water partition coefficient (Wildman–Crippen LogP) is 6.03. The molecule has 4 aromatic carbocycles. The zero-order valence-corrected chi connectivity index (χ0v) is 24.2. The number of rotatable bonds is 11. The highest BCUT2D eigenvalue weighted by Crippen LogP contribution is 2.51. The van der Waals surface area contributed by atoms with Crippen LogP contribution in [0.2, 0.25) is 0 Å². The summed E-state index contributed by atoms with van der Waals surface area (Å²) in [7, 11) is 4.50. The van der Waals surface area contributed by atoms with Crippen molar-refractivity contribution in [3.63, 3.8) is 0 Å². The molecular weight excluding hydrogens is 530 g/mol. The summed E-state index contributed by atoms with van der Waals surface area (Å²) in [4.78, 5) is 1.99. The number of nitrogens with zero attached hydrogens (tertiary/aromatic N) is 1. The fraction of sp³-hybridized carbons (Fsp3) is 0.226. The molecule has 4 aromatic rings. The molecule has 40 heavy (non-hydrogen) atoms. The van der Waals surface area contributed by atoms with Crippen molar-refractivity contribution >= 4 is 15.8 Å². The Morgan fingerprint density at radius 1 is 0.700 bits per heavy atom. The van der Waals surface area contributed by atoms with Crippen LogP contribution < -0.4 is 28.0 Å². The van der Waals surface area contributed by atoms with Gasteiger partial charge in [-0.3, -0.25) is 0 Å². The maximum Gasteiger partial charge on any atom is 0.306 e. The molecule has 0 aliphatic heterocycles. The molecule has 0 fully saturated rings. The standard InChI is InChI=1S/C31H33NO7S/c1-32(2)24-15-12-22(13-16-24)25-19-28(36-4)29(31(30(25)37-5)39-40(6,33)34)23-14-17-26(27(18-23)35-3)38-20-21-10-8-7-9-11-21/h7-19H,20H2,1-6H3. The lowest BCUT2D eigenvalue weighted by Gasteiger charge is -2.21. The van der Waals surface area contributed by atoms with Crippen molar-refractivity contribution in [1.29, 1.82) is 0 Å². The van der Waals surface area contributed by atoms with Crippen LogP contribution in [0, 0.1) is 0 Å². The second-order valence-corrected chi connectivity index (χ2v) is 10.8. The third-order valence-electron chi connectivity index (χ3n) is 6.24. The summed E-state index contributed by atoms with van der Waals surface area (Å²) in [6.07, 6.45) is 0.988. The lowest BCUT2D eigenvalue weighted by molar-refractivity contribution is 0.284. The van der Waals surface area contributed by atoms with Crippen LogP contribution in [0.25, 0.3) is 22.3 Å². The number of benzene rings is 4. The molecule has 210 valence electrons. The van der Waals surface area contributed by atoms with Crippen LogP contribution in [0.5, 0.6) is 28.7 Å². The van der Waals surface area contributed by atoms with Crippen molar-refractivity contribution in [3.8, 4) is 51.0 Å². The molecule has 0 saturated heterocycles. The van der Waals surface area contributed by atoms with E-state index in [9.17, 15) is 8.42 Å². The normalized spacial score (nSPS) is 11.1. The van der Waals surface area contributed by atoms with Gasteiger partial charge in [-0.2, -0.15) is 8.42 Å². The Balaban J connectivity index is 1.86. The summed E-state index contributed by atoms with van der Waals surface area (Å²) in [6, 6.07) is 24.7. The smallest absolute Gasteiger partial charge is 0.306 e. The lowest BCUT2D eigenvalue weighted by atomic mass is 9.96. The average molecular weight is 564 g/mol. The van der Waals surface area contributed by atoms with Gasteiger partial charge in [0.05, 0.1) is 33.1 Å². The van der Waals surface area contributed by atoms with Gasteiger partial charge in [0.2, 0.25) is 0 Å². The molecule has 8 nitrogen and oxygen atoms in total. The maximum atomic E-state index is 12.4. The number of anilines is 1. The van der Waals surface area contributed by atoms with E-state index >= 15 is 0 Å². The SMILES string of the molecule is COc1cc(-c2c(OC)cc(-c3ccc(N(C)C)cc3)c(OC)c2OS(C)(=O)=O)ccc1OCc1ccccc1. The van der Waals surface area contributed by atoms with Crippen molar-refractivity contribution < 1.29 is 31.5 Å². The quantitative estimate of drug-likeness (QED) is 0.205. The summed E-state index contributed by atoms with van der Waals surface area (Å²) in [5.74, 6) is 1.65. The predicted molar refractivity (Wildman–Crippen MR) is 158 cm³/mol. The van der Waals surface area contributed by atoms with Gasteiger partial charge in [-0.15, -0.1) is 0 Å². The third kappa shape index (κ3) is 6.43. The van der Waals surface area contributed by atoms with Crippen molar-refractivity contribution in [1.82, 2.24) is 0 Å². The van der Waals surface area contributed by atoms with Crippen molar-refractivity contribution in [2.24, 2.45) is 0 Å². The van der Waals surface area contributed by atoms with E-state index in [-0.39, 0.29) is 11.5 Å². The van der Waals surface area contributed by atoms with Crippen LogP contribution in [0.15, 0.2) is 78.9 Å². The van der Waals surface area contributed by atoms with Gasteiger partial charge in [-0.1, -0.05) is 48.5 Å². The molecule has 0 N–H and O–H groups in total. The number of methoxy groups -OCH3 is 3. The Hall–Kier alpha value is -4.37. The highest BCUT2D eigenvalue weighted by Gasteiger charge is 2.27. The molecule has 0 amide bonds. The van der Waals surface area contributed by atoms with E-state index in [2.05, 4.69) is 0 Å². The first-order valence-electron chi connectivity index (χ1n) is 12.5. The minimum atomic E-state index is -3.94. The zero-order valence-electron chi connectivity index (χ0n) is 23.4. The number of hydrogen-bond acceptors (Lipinski definition) is 8. The Morgan fingerprint density at radius 2 is 1.35 bits per heavy atom. The Kier molecular flexibility index (Phi) is 8.74. The molecular formula is C31H33NO7S. The molecule has 0 spiro atoms. The molecule has 0 atom stereocenters. The summed E-state index contributed by atoms with van der Waals surface area (Å²) < 4.78 is 53.7. The van der Waals surface area contributed by atoms with E-state index in [1.807, 2.05) is 73.6 Å². The van der Waals surface area contributed by atoms with Gasteiger partial charge in [-0.05, 0) is 47.0 Å². The topological polar surface area (TPSA) is 83.5 Å². The molecule has 0 aliphatic rings. The maximum absolute atomic E-state index is 12.4. The second-order valence-electron chi connectivity index (χ2n) is 9.23. The molecule has 0 radical (unpaired) electrons. The summed E-state index contributed by atoms with van der Waals surface area (Å²) in [5, 5.41) is 0. The van der Waals surface area contributed by atoms with Crippen LogP contribution >= 0.6 is 0 Å². The van der Waals surface area contributed by atoms with E-state index < -0.39 is 10.1 Å². The van der Waals surface area contributed by atoms with Gasteiger partial charge in [0.1, 0.15) is 12.4 Å². The van der Waals surface area contributed by atoms with Gasteiger partial charge in [-0.25, -0.2) is 0 Å². The average Bonchev–Trinajstić information content (AvgIpc) is 2.95. The van der Waals surface area contributed by atoms with Crippen LogP contribution in [-0.4, -0.2) is 50.1 Å². The van der Waals surface area contributed by atoms with Gasteiger partial charge < -0.3 is 28.0 Å². The first-order chi connectivity index (χ1) is 19.1. The number of hydrogen-bond donors (Lipinski definition) is 0. The molecule has 0 bridgehead atoms. The fourth-order valence-electron chi connectivity index (χ4n) is 4.32. The highest BCUT2D eigenvalue weighted by atomic mass is 32.2. The molecule has 0 unspecified atom stereocenters. The summed E-state index contributed by atoms with van der Waals surface area (Å²) >= 11 is 0. The van der Waals surface area contributed by atoms with Crippen LogP contribution in [0.4, 0.5) is 5.69 Å². The first-order valence-corrected chi connectivity index (χ1v) is 14.3. The second kappa shape index (κ2) is 12.2. The molecule has 4 rings (SSSR count). The van der Waals surface area contributed by atoms with Crippen molar-refractivity contribution in [2.45, 2.75) is 6.61 Å². The molecule has 9 heteroatoms. The van der Waals surface area contributed by atoms with E-state index in [4.69, 9.17) is 23.1 Å². The fourth-order valence-corrected chi connectivity index (χ4v) is 4.78. The summed E-state index contributed by atoms with van der Waals surface area (Å²) in [5.41, 5.74) is 4.42. The molecule has 0 aliphatic carbocycles. The zero-order chi connectivity index (χ0) is 28.9. The highest BCUT2D eigenvalue weighted by molar-refractivity contribution is 7.86. The Morgan fingerprint density at radius 3 is 1.93 bits per heavy atom. The Bertz CT molecular complexity index is 1570. The van der Waals surface area contributed by atoms with E-state index in [1.165, 1.54) is 14.2 Å². The van der Waals surface area contributed by atoms with Crippen molar-refractivity contribution in [3.05, 3.63) is 84.4 Å². The van der Waals surface area contributed by atoms with E-state index in [0.29, 0.717) is 40.5 Å². The van der Waals surface area contributed by atoms with E-state index in [0.717, 1.165) is 23.1 Å². The number of ether oxygens (including phenoxy) is 4. The van der Waals surface area contributed by atoms with Crippen LogP contribution in [0.3, 0.4) is 0 Å². The lowest BCUT2D eigenvalue weighted by Crippen LogP contribution is -2.10. The van der Waals surface area contributed by atoms with Crippen LogP contribution in [0.1, 0.15) is 5.56 Å². The largest absolute Gasteiger partial charge is 0.496 e. The molecule has 0 saturated carbocycles. The van der Waals surface area contributed by atoms with Gasteiger partial charge in [0.15, 0.2) is 23.0 Å². The van der Waals surface area contributed by atoms with Gasteiger partial charge in [0.25, 0.3) is 0 Å². The minimum absolute atomic E-state index is 0.0102. The van der Waals surface area contributed by atoms with Gasteiger partial charge in [0, 0.05) is 25.3 Å². The first kappa shape index (κ1) is 28.6. The summed E-state index contributed by atoms with van der Waals surface area (Å²) in [6.45, 7) is 0.359. The van der Waals surface area contributed by atoms with Crippen molar-refractivity contribution in [2.75, 3.05) is 46.6 Å². The molecule has 0 heterocycles. The van der Waals surface area contributed by atoms with Gasteiger partial charge >= 0.3 is 10.1 Å². The van der Waals surface area contributed by atoms with E-state index in [1.54, 1.807) is 31.4 Å². The molecule has 0 aromatic heterocycles. The van der Waals surface area contributed by atoms with Crippen LogP contribution in [-0.2, 0) is 16.7 Å².